The number of aromatic carboxylic acids is 1. The number of pyridine rings is 1. The summed E-state index contributed by atoms with van der Waals surface area (Å²) >= 11 is 5.77. The quantitative estimate of drug-likeness (QED) is 0.865. The van der Waals surface area contributed by atoms with Crippen molar-refractivity contribution in [1.29, 1.82) is 0 Å². The molecule has 1 heterocycles. The molecule has 1 N–H and O–H groups in total. The van der Waals surface area contributed by atoms with E-state index in [2.05, 4.69) is 4.98 Å². The van der Waals surface area contributed by atoms with Crippen molar-refractivity contribution < 1.29 is 23.1 Å². The van der Waals surface area contributed by atoms with E-state index < -0.39 is 17.7 Å². The number of halogens is 4. The molecule has 0 saturated heterocycles. The third kappa shape index (κ3) is 1.99. The fourth-order valence-corrected chi connectivity index (χ4v) is 1.85. The number of hydrogen-bond donors (Lipinski definition) is 1. The van der Waals surface area contributed by atoms with E-state index in [4.69, 9.17) is 16.7 Å². The summed E-state index contributed by atoms with van der Waals surface area (Å²) in [5.41, 5.74) is -1.64. The maximum atomic E-state index is 12.7. The maximum absolute atomic E-state index is 12.7. The van der Waals surface area contributed by atoms with Crippen LogP contribution in [0.15, 0.2) is 24.4 Å². The monoisotopic (exact) mass is 275 g/mol. The first-order valence-electron chi connectivity index (χ1n) is 4.70. The maximum Gasteiger partial charge on any atom is 0.418 e. The van der Waals surface area contributed by atoms with Crippen molar-refractivity contribution in [3.8, 4) is 0 Å². The minimum absolute atomic E-state index is 0.0357. The minimum atomic E-state index is -4.57. The molecule has 0 saturated carbocycles. The van der Waals surface area contributed by atoms with Crippen LogP contribution in [0.4, 0.5) is 13.2 Å². The molecule has 18 heavy (non-hydrogen) atoms. The van der Waals surface area contributed by atoms with Crippen LogP contribution in [0, 0.1) is 0 Å². The highest BCUT2D eigenvalue weighted by atomic mass is 35.5. The van der Waals surface area contributed by atoms with Gasteiger partial charge in [-0.05, 0) is 6.07 Å². The highest BCUT2D eigenvalue weighted by molar-refractivity contribution is 6.38. The van der Waals surface area contributed by atoms with E-state index in [1.165, 1.54) is 6.07 Å². The van der Waals surface area contributed by atoms with Gasteiger partial charge in [0.05, 0.1) is 21.7 Å². The SMILES string of the molecule is O=C(O)c1cnc2c(C(F)(F)F)cccc2c1Cl. The first-order chi connectivity index (χ1) is 8.32. The molecule has 2 rings (SSSR count). The van der Waals surface area contributed by atoms with Crippen LogP contribution in [0.5, 0.6) is 0 Å². The van der Waals surface area contributed by atoms with Crippen molar-refractivity contribution >= 4 is 28.5 Å². The largest absolute Gasteiger partial charge is 0.478 e. The lowest BCUT2D eigenvalue weighted by Crippen LogP contribution is -2.07. The highest BCUT2D eigenvalue weighted by Crippen LogP contribution is 2.36. The van der Waals surface area contributed by atoms with Gasteiger partial charge in [-0.15, -0.1) is 0 Å². The number of alkyl halides is 3. The number of rotatable bonds is 1. The molecular formula is C11H5ClF3NO2. The van der Waals surface area contributed by atoms with Crippen molar-refractivity contribution in [1.82, 2.24) is 4.98 Å². The Labute approximate surface area is 104 Å². The van der Waals surface area contributed by atoms with Gasteiger partial charge in [-0.2, -0.15) is 13.2 Å². The number of aromatic nitrogens is 1. The van der Waals surface area contributed by atoms with Crippen LogP contribution >= 0.6 is 11.6 Å². The van der Waals surface area contributed by atoms with Crippen molar-refractivity contribution in [3.63, 3.8) is 0 Å². The van der Waals surface area contributed by atoms with Crippen LogP contribution in [0.2, 0.25) is 5.02 Å². The number of carboxylic acid groups (broad SMARTS) is 1. The minimum Gasteiger partial charge on any atom is -0.478 e. The summed E-state index contributed by atoms with van der Waals surface area (Å²) in [6.07, 6.45) is -3.75. The molecule has 1 aromatic heterocycles. The van der Waals surface area contributed by atoms with E-state index in [-0.39, 0.29) is 21.5 Å². The first-order valence-corrected chi connectivity index (χ1v) is 5.08. The van der Waals surface area contributed by atoms with Gasteiger partial charge in [0, 0.05) is 11.6 Å². The number of benzene rings is 1. The Morgan fingerprint density at radius 3 is 2.56 bits per heavy atom. The zero-order valence-electron chi connectivity index (χ0n) is 8.62. The Morgan fingerprint density at radius 2 is 2.00 bits per heavy atom. The van der Waals surface area contributed by atoms with Gasteiger partial charge in [0.25, 0.3) is 0 Å². The van der Waals surface area contributed by atoms with E-state index in [0.29, 0.717) is 0 Å². The van der Waals surface area contributed by atoms with E-state index >= 15 is 0 Å². The Hall–Kier alpha value is -1.82. The molecule has 0 atom stereocenters. The zero-order valence-corrected chi connectivity index (χ0v) is 9.38. The van der Waals surface area contributed by atoms with E-state index in [1.54, 1.807) is 0 Å². The average Bonchev–Trinajstić information content (AvgIpc) is 2.27. The van der Waals surface area contributed by atoms with Gasteiger partial charge in [0.15, 0.2) is 0 Å². The number of para-hydroxylation sites is 1. The molecule has 0 fully saturated rings. The molecule has 0 aliphatic carbocycles. The molecule has 0 bridgehead atoms. The summed E-state index contributed by atoms with van der Waals surface area (Å²) in [6.45, 7) is 0. The third-order valence-corrected chi connectivity index (χ3v) is 2.77. The standard InChI is InChI=1S/C11H5ClF3NO2/c12-8-5-2-1-3-7(11(13,14)15)9(5)16-4-6(8)10(17)18/h1-4H,(H,17,18). The van der Waals surface area contributed by atoms with Crippen molar-refractivity contribution in [3.05, 3.63) is 40.5 Å². The second-order valence-electron chi connectivity index (χ2n) is 3.49. The summed E-state index contributed by atoms with van der Waals surface area (Å²) in [5.74, 6) is -1.34. The fourth-order valence-electron chi connectivity index (χ4n) is 1.57. The molecule has 1 aromatic carbocycles. The van der Waals surface area contributed by atoms with Crippen molar-refractivity contribution in [2.75, 3.05) is 0 Å². The number of carboxylic acids is 1. The summed E-state index contributed by atoms with van der Waals surface area (Å²) in [6, 6.07) is 3.32. The Kier molecular flexibility index (Phi) is 2.90. The molecule has 0 aliphatic heterocycles. The van der Waals surface area contributed by atoms with E-state index in [9.17, 15) is 18.0 Å². The first kappa shape index (κ1) is 12.6. The van der Waals surface area contributed by atoms with Gasteiger partial charge in [-0.3, -0.25) is 4.98 Å². The fraction of sp³-hybridized carbons (Fsp3) is 0.0909. The van der Waals surface area contributed by atoms with Crippen molar-refractivity contribution in [2.45, 2.75) is 6.18 Å². The van der Waals surface area contributed by atoms with Crippen LogP contribution in [0.25, 0.3) is 10.9 Å². The van der Waals surface area contributed by atoms with E-state index in [0.717, 1.165) is 18.3 Å². The normalized spacial score (nSPS) is 11.8. The third-order valence-electron chi connectivity index (χ3n) is 2.37. The lowest BCUT2D eigenvalue weighted by Gasteiger charge is -2.10. The number of fused-ring (bicyclic) bond motifs is 1. The smallest absolute Gasteiger partial charge is 0.418 e. The lowest BCUT2D eigenvalue weighted by molar-refractivity contribution is -0.136. The van der Waals surface area contributed by atoms with Crippen LogP contribution in [-0.4, -0.2) is 16.1 Å². The molecule has 0 unspecified atom stereocenters. The number of carbonyl (C=O) groups is 1. The van der Waals surface area contributed by atoms with Gasteiger partial charge >= 0.3 is 12.1 Å². The number of nitrogens with zero attached hydrogens (tertiary/aromatic N) is 1. The lowest BCUT2D eigenvalue weighted by atomic mass is 10.1. The van der Waals surface area contributed by atoms with Crippen LogP contribution < -0.4 is 0 Å². The van der Waals surface area contributed by atoms with Gasteiger partial charge in [0.1, 0.15) is 0 Å². The van der Waals surface area contributed by atoms with Crippen LogP contribution in [0.3, 0.4) is 0 Å². The van der Waals surface area contributed by atoms with E-state index in [1.807, 2.05) is 0 Å². The molecule has 2 aromatic rings. The van der Waals surface area contributed by atoms with Gasteiger partial charge in [-0.1, -0.05) is 23.7 Å². The second kappa shape index (κ2) is 4.13. The average molecular weight is 276 g/mol. The molecule has 0 aliphatic rings. The predicted octanol–water partition coefficient (Wildman–Crippen LogP) is 3.61. The van der Waals surface area contributed by atoms with Gasteiger partial charge in [-0.25, -0.2) is 4.79 Å². The second-order valence-corrected chi connectivity index (χ2v) is 3.87. The predicted molar refractivity (Wildman–Crippen MR) is 58.7 cm³/mol. The van der Waals surface area contributed by atoms with Gasteiger partial charge in [0.2, 0.25) is 0 Å². The molecule has 7 heteroatoms. The Bertz CT molecular complexity index is 640. The Morgan fingerprint density at radius 1 is 1.33 bits per heavy atom. The molecular weight excluding hydrogens is 271 g/mol. The molecule has 0 amide bonds. The van der Waals surface area contributed by atoms with Crippen LogP contribution in [0.1, 0.15) is 15.9 Å². The topological polar surface area (TPSA) is 50.2 Å². The molecule has 3 nitrogen and oxygen atoms in total. The molecule has 0 radical (unpaired) electrons. The number of hydrogen-bond acceptors (Lipinski definition) is 2. The summed E-state index contributed by atoms with van der Waals surface area (Å²) in [4.78, 5) is 14.3. The Balaban J connectivity index is 2.83. The highest BCUT2D eigenvalue weighted by Gasteiger charge is 2.33. The molecule has 0 spiro atoms. The zero-order chi connectivity index (χ0) is 13.5. The van der Waals surface area contributed by atoms with Crippen molar-refractivity contribution in [2.24, 2.45) is 0 Å². The summed E-state index contributed by atoms with van der Waals surface area (Å²) in [5, 5.41) is 8.52. The van der Waals surface area contributed by atoms with Gasteiger partial charge < -0.3 is 5.11 Å². The summed E-state index contributed by atoms with van der Waals surface area (Å²) in [7, 11) is 0. The van der Waals surface area contributed by atoms with Crippen LogP contribution in [-0.2, 0) is 6.18 Å². The summed E-state index contributed by atoms with van der Waals surface area (Å²) < 4.78 is 38.1. The molecule has 94 valence electrons.